The Bertz CT molecular complexity index is 1130. The van der Waals surface area contributed by atoms with Crippen LogP contribution < -0.4 is 4.74 Å². The third-order valence-electron chi connectivity index (χ3n) is 7.92. The number of amides is 2. The molecule has 5 rings (SSSR count). The van der Waals surface area contributed by atoms with Gasteiger partial charge in [0.2, 0.25) is 11.8 Å². The Hall–Kier alpha value is -3.11. The molecule has 0 saturated carbocycles. The maximum absolute atomic E-state index is 13.5. The predicted octanol–water partition coefficient (Wildman–Crippen LogP) is 3.21. The summed E-state index contributed by atoms with van der Waals surface area (Å²) >= 11 is 0. The number of carbonyl (C=O) groups is 2. The molecule has 10 heteroatoms. The fraction of sp³-hybridized carbons (Fsp3) is 0.500. The van der Waals surface area contributed by atoms with E-state index in [0.29, 0.717) is 45.6 Å². The van der Waals surface area contributed by atoms with Crippen LogP contribution in [0.5, 0.6) is 5.75 Å². The van der Waals surface area contributed by atoms with Crippen LogP contribution in [0.25, 0.3) is 0 Å². The fourth-order valence-corrected chi connectivity index (χ4v) is 6.05. The highest BCUT2D eigenvalue weighted by molar-refractivity contribution is 5.84. The normalized spacial score (nSPS) is 25.6. The second kappa shape index (κ2) is 10.9. The average molecular weight is 532 g/mol. The van der Waals surface area contributed by atoms with Crippen LogP contribution in [-0.2, 0) is 22.6 Å². The molecule has 0 aliphatic carbocycles. The Balaban J connectivity index is 1.16. The van der Waals surface area contributed by atoms with Crippen molar-refractivity contribution in [3.8, 4) is 5.75 Å². The van der Waals surface area contributed by atoms with Gasteiger partial charge in [-0.25, -0.2) is 0 Å². The molecule has 2 aromatic rings. The first-order valence-corrected chi connectivity index (χ1v) is 13.1. The maximum atomic E-state index is 13.5. The zero-order valence-corrected chi connectivity index (χ0v) is 21.0. The van der Waals surface area contributed by atoms with Gasteiger partial charge in [-0.15, -0.1) is 13.2 Å². The molecule has 204 valence electrons. The Labute approximate surface area is 219 Å². The van der Waals surface area contributed by atoms with Crippen molar-refractivity contribution in [2.45, 2.75) is 56.8 Å². The molecule has 4 atom stereocenters. The third kappa shape index (κ3) is 5.96. The van der Waals surface area contributed by atoms with E-state index in [-0.39, 0.29) is 35.9 Å². The molecule has 3 aliphatic rings. The number of halogens is 3. The molecule has 3 heterocycles. The quantitative estimate of drug-likeness (QED) is 0.594. The average Bonchev–Trinajstić information content (AvgIpc) is 3.57. The van der Waals surface area contributed by atoms with E-state index in [1.165, 1.54) is 24.3 Å². The lowest BCUT2D eigenvalue weighted by Crippen LogP contribution is -2.50. The number of carbonyl (C=O) groups excluding carboxylic acids is 2. The standard InChI is InChI=1S/C28H32F3N3O4/c29-28(30,31)38-22-9-6-19(7-10-22)8-11-25(36)34-15-12-21-17-33(18-23(21)34)27(37)26-24(35)13-14-32(26)16-20-4-2-1-3-5-20/h1-7,9-10,21,23-24,26,35H,8,11-18H2/t21-,23+,24-,26-/m0/s1. The van der Waals surface area contributed by atoms with Gasteiger partial charge in [0.25, 0.3) is 0 Å². The van der Waals surface area contributed by atoms with Crippen LogP contribution >= 0.6 is 0 Å². The van der Waals surface area contributed by atoms with Crippen molar-refractivity contribution in [1.29, 1.82) is 0 Å². The second-order valence-electron chi connectivity index (χ2n) is 10.4. The highest BCUT2D eigenvalue weighted by Gasteiger charge is 2.48. The summed E-state index contributed by atoms with van der Waals surface area (Å²) < 4.78 is 41.0. The van der Waals surface area contributed by atoms with Crippen molar-refractivity contribution in [3.63, 3.8) is 0 Å². The summed E-state index contributed by atoms with van der Waals surface area (Å²) in [6.45, 7) is 2.93. The Morgan fingerprint density at radius 1 is 0.947 bits per heavy atom. The summed E-state index contributed by atoms with van der Waals surface area (Å²) in [5, 5.41) is 10.6. The van der Waals surface area contributed by atoms with Gasteiger partial charge in [0.05, 0.1) is 12.1 Å². The summed E-state index contributed by atoms with van der Waals surface area (Å²) in [4.78, 5) is 32.3. The topological polar surface area (TPSA) is 73.3 Å². The first-order chi connectivity index (χ1) is 18.2. The summed E-state index contributed by atoms with van der Waals surface area (Å²) in [5.74, 6) is -0.175. The van der Waals surface area contributed by atoms with Crippen LogP contribution in [0, 0.1) is 5.92 Å². The molecule has 2 amide bonds. The smallest absolute Gasteiger partial charge is 0.406 e. The number of fused-ring (bicyclic) bond motifs is 1. The van der Waals surface area contributed by atoms with E-state index < -0.39 is 18.5 Å². The molecule has 3 fully saturated rings. The summed E-state index contributed by atoms with van der Waals surface area (Å²) in [6, 6.07) is 14.8. The molecule has 1 N–H and O–H groups in total. The van der Waals surface area contributed by atoms with Gasteiger partial charge in [-0.3, -0.25) is 14.5 Å². The van der Waals surface area contributed by atoms with Crippen LogP contribution in [0.2, 0.25) is 0 Å². The number of nitrogens with zero attached hydrogens (tertiary/aromatic N) is 3. The van der Waals surface area contributed by atoms with Crippen LogP contribution in [0.15, 0.2) is 54.6 Å². The van der Waals surface area contributed by atoms with Gasteiger partial charge in [-0.2, -0.15) is 0 Å². The number of rotatable bonds is 7. The molecule has 0 spiro atoms. The SMILES string of the molecule is O=C([C@@H]1[C@@H](O)CCN1Cc1ccccc1)N1C[C@@H]2CCN(C(=O)CCc3ccc(OC(F)(F)F)cc3)[C@@H]2C1. The molecule has 3 aliphatic heterocycles. The molecule has 0 bridgehead atoms. The largest absolute Gasteiger partial charge is 0.573 e. The van der Waals surface area contributed by atoms with E-state index >= 15 is 0 Å². The van der Waals surface area contributed by atoms with Gasteiger partial charge in [0, 0.05) is 45.1 Å². The van der Waals surface area contributed by atoms with Crippen molar-refractivity contribution in [1.82, 2.24) is 14.7 Å². The van der Waals surface area contributed by atoms with Crippen LogP contribution in [0.1, 0.15) is 30.4 Å². The molecule has 7 nitrogen and oxygen atoms in total. The number of ether oxygens (including phenoxy) is 1. The first-order valence-electron chi connectivity index (χ1n) is 13.1. The minimum absolute atomic E-state index is 0.0194. The number of aliphatic hydroxyl groups excluding tert-OH is 1. The molecular formula is C28H32F3N3O4. The second-order valence-corrected chi connectivity index (χ2v) is 10.4. The van der Waals surface area contributed by atoms with E-state index in [4.69, 9.17) is 0 Å². The summed E-state index contributed by atoms with van der Waals surface area (Å²) in [5.41, 5.74) is 1.84. The first kappa shape index (κ1) is 26.5. The maximum Gasteiger partial charge on any atom is 0.573 e. The number of likely N-dealkylation sites (tertiary alicyclic amines) is 3. The van der Waals surface area contributed by atoms with Gasteiger partial charge >= 0.3 is 6.36 Å². The minimum Gasteiger partial charge on any atom is -0.406 e. The Kier molecular flexibility index (Phi) is 7.63. The molecule has 3 saturated heterocycles. The summed E-state index contributed by atoms with van der Waals surface area (Å²) in [7, 11) is 0. The van der Waals surface area contributed by atoms with Gasteiger partial charge in [-0.05, 0) is 42.5 Å². The monoisotopic (exact) mass is 531 g/mol. The predicted molar refractivity (Wildman–Crippen MR) is 133 cm³/mol. The molecule has 0 radical (unpaired) electrons. The molecular weight excluding hydrogens is 499 g/mol. The van der Waals surface area contributed by atoms with Crippen molar-refractivity contribution in [2.24, 2.45) is 5.92 Å². The van der Waals surface area contributed by atoms with E-state index in [1.54, 1.807) is 0 Å². The van der Waals surface area contributed by atoms with E-state index in [1.807, 2.05) is 45.0 Å². The van der Waals surface area contributed by atoms with E-state index in [2.05, 4.69) is 4.74 Å². The van der Waals surface area contributed by atoms with Gasteiger partial charge in [-0.1, -0.05) is 42.5 Å². The van der Waals surface area contributed by atoms with Gasteiger partial charge in [0.1, 0.15) is 11.8 Å². The number of hydrogen-bond donors (Lipinski definition) is 1. The number of aryl methyl sites for hydroxylation is 1. The van der Waals surface area contributed by atoms with Crippen molar-refractivity contribution < 1.29 is 32.6 Å². The molecule has 0 aromatic heterocycles. The van der Waals surface area contributed by atoms with Crippen LogP contribution in [0.3, 0.4) is 0 Å². The van der Waals surface area contributed by atoms with E-state index in [9.17, 15) is 27.9 Å². The van der Waals surface area contributed by atoms with Crippen molar-refractivity contribution in [2.75, 3.05) is 26.2 Å². The third-order valence-corrected chi connectivity index (χ3v) is 7.92. The lowest BCUT2D eigenvalue weighted by atomic mass is 10.0. The van der Waals surface area contributed by atoms with Gasteiger partial charge < -0.3 is 19.6 Å². The fourth-order valence-electron chi connectivity index (χ4n) is 6.05. The van der Waals surface area contributed by atoms with E-state index in [0.717, 1.165) is 17.5 Å². The Morgan fingerprint density at radius 2 is 1.68 bits per heavy atom. The lowest BCUT2D eigenvalue weighted by Gasteiger charge is -2.30. The Morgan fingerprint density at radius 3 is 2.39 bits per heavy atom. The summed E-state index contributed by atoms with van der Waals surface area (Å²) in [6.07, 6.45) is -3.43. The number of alkyl halides is 3. The molecule has 38 heavy (non-hydrogen) atoms. The lowest BCUT2D eigenvalue weighted by molar-refractivity contribution is -0.274. The van der Waals surface area contributed by atoms with Crippen LogP contribution in [-0.4, -0.2) is 82.3 Å². The number of aliphatic hydroxyl groups is 1. The molecule has 0 unspecified atom stereocenters. The zero-order valence-electron chi connectivity index (χ0n) is 21.0. The van der Waals surface area contributed by atoms with Crippen molar-refractivity contribution >= 4 is 11.8 Å². The van der Waals surface area contributed by atoms with Crippen molar-refractivity contribution in [3.05, 3.63) is 65.7 Å². The zero-order chi connectivity index (χ0) is 26.9. The minimum atomic E-state index is -4.74. The number of benzene rings is 2. The highest BCUT2D eigenvalue weighted by Crippen LogP contribution is 2.34. The van der Waals surface area contributed by atoms with Crippen LogP contribution in [0.4, 0.5) is 13.2 Å². The number of hydrogen-bond acceptors (Lipinski definition) is 5. The highest BCUT2D eigenvalue weighted by atomic mass is 19.4. The molecule has 2 aromatic carbocycles. The van der Waals surface area contributed by atoms with Gasteiger partial charge in [0.15, 0.2) is 0 Å².